The highest BCUT2D eigenvalue weighted by atomic mass is 19.3. The van der Waals surface area contributed by atoms with Crippen molar-refractivity contribution in [2.75, 3.05) is 0 Å². The molecule has 2 aromatic carbocycles. The quantitative estimate of drug-likeness (QED) is 0.385. The molecule has 11 heteroatoms. The van der Waals surface area contributed by atoms with Crippen molar-refractivity contribution < 1.29 is 52.9 Å². The Morgan fingerprint density at radius 2 is 1.67 bits per heavy atom. The van der Waals surface area contributed by atoms with Crippen molar-refractivity contribution in [3.8, 4) is 11.5 Å². The topological polar surface area (TPSA) is 129 Å². The summed E-state index contributed by atoms with van der Waals surface area (Å²) in [6, 6.07) is 7.90. The van der Waals surface area contributed by atoms with Gasteiger partial charge in [0.2, 0.25) is 6.29 Å². The molecule has 3 rings (SSSR count). The Morgan fingerprint density at radius 3 is 2.24 bits per heavy atom. The molecule has 0 bridgehead atoms. The fourth-order valence-corrected chi connectivity index (χ4v) is 3.52. The maximum absolute atomic E-state index is 14.9. The van der Waals surface area contributed by atoms with Crippen molar-refractivity contribution in [1.82, 2.24) is 0 Å². The molecule has 33 heavy (non-hydrogen) atoms. The van der Waals surface area contributed by atoms with Crippen molar-refractivity contribution in [3.05, 3.63) is 58.9 Å². The van der Waals surface area contributed by atoms with Crippen LogP contribution >= 0.6 is 0 Å². The first kappa shape index (κ1) is 25.2. The van der Waals surface area contributed by atoms with Crippen LogP contribution in [0, 0.1) is 5.82 Å². The van der Waals surface area contributed by atoms with Crippen molar-refractivity contribution in [2.24, 2.45) is 0 Å². The number of hydrogen-bond donors (Lipinski definition) is 5. The molecule has 0 aromatic heterocycles. The molecule has 2 aromatic rings. The third-order valence-corrected chi connectivity index (χ3v) is 5.25. The van der Waals surface area contributed by atoms with Crippen LogP contribution in [0.2, 0.25) is 0 Å². The molecule has 1 aliphatic heterocycles. The van der Waals surface area contributed by atoms with Crippen molar-refractivity contribution in [3.63, 3.8) is 0 Å². The van der Waals surface area contributed by atoms with Gasteiger partial charge in [0.1, 0.15) is 41.7 Å². The van der Waals surface area contributed by atoms with Gasteiger partial charge in [-0.1, -0.05) is 12.1 Å². The lowest BCUT2D eigenvalue weighted by molar-refractivity contribution is -0.286. The Labute approximate surface area is 187 Å². The van der Waals surface area contributed by atoms with Gasteiger partial charge in [0.15, 0.2) is 0 Å². The highest BCUT2D eigenvalue weighted by Crippen LogP contribution is 2.32. The number of rotatable bonds is 8. The van der Waals surface area contributed by atoms with Gasteiger partial charge in [0.05, 0.1) is 12.7 Å². The molecular weight excluding hydrogens is 449 g/mol. The first-order chi connectivity index (χ1) is 15.6. The Balaban J connectivity index is 1.89. The van der Waals surface area contributed by atoms with Crippen LogP contribution < -0.4 is 9.47 Å². The van der Waals surface area contributed by atoms with E-state index in [2.05, 4.69) is 4.74 Å². The Kier molecular flexibility index (Phi) is 8.16. The summed E-state index contributed by atoms with van der Waals surface area (Å²) in [4.78, 5) is 0. The predicted molar refractivity (Wildman–Crippen MR) is 107 cm³/mol. The number of hydrogen-bond acceptors (Lipinski definition) is 8. The largest absolute Gasteiger partial charge is 0.462 e. The van der Waals surface area contributed by atoms with Crippen LogP contribution in [0.5, 0.6) is 11.5 Å². The molecule has 1 saturated heterocycles. The van der Waals surface area contributed by atoms with E-state index in [1.807, 2.05) is 0 Å². The van der Waals surface area contributed by atoms with Crippen LogP contribution in [0.4, 0.5) is 13.2 Å². The van der Waals surface area contributed by atoms with Gasteiger partial charge in [-0.25, -0.2) is 4.39 Å². The molecule has 0 spiro atoms. The summed E-state index contributed by atoms with van der Waals surface area (Å²) in [5.74, 6) is -0.942. The molecule has 0 radical (unpaired) electrons. The minimum absolute atomic E-state index is 0.000244. The third kappa shape index (κ3) is 5.94. The van der Waals surface area contributed by atoms with Crippen LogP contribution in [-0.4, -0.2) is 69.0 Å². The van der Waals surface area contributed by atoms with Gasteiger partial charge in [-0.3, -0.25) is 0 Å². The second kappa shape index (κ2) is 10.7. The first-order valence-electron chi connectivity index (χ1n) is 10.1. The van der Waals surface area contributed by atoms with Gasteiger partial charge >= 0.3 is 6.61 Å². The van der Waals surface area contributed by atoms with E-state index in [1.165, 1.54) is 37.3 Å². The summed E-state index contributed by atoms with van der Waals surface area (Å²) in [5.41, 5.74) is 0.671. The zero-order valence-corrected chi connectivity index (χ0v) is 17.5. The van der Waals surface area contributed by atoms with Crippen LogP contribution in [0.25, 0.3) is 0 Å². The number of aliphatic hydroxyl groups is 5. The van der Waals surface area contributed by atoms with Gasteiger partial charge in [-0.15, -0.1) is 0 Å². The lowest BCUT2D eigenvalue weighted by atomic mass is 9.96. The lowest BCUT2D eigenvalue weighted by Gasteiger charge is -2.41. The van der Waals surface area contributed by atoms with Gasteiger partial charge in [0, 0.05) is 12.0 Å². The third-order valence-electron chi connectivity index (χ3n) is 5.25. The van der Waals surface area contributed by atoms with E-state index < -0.39 is 55.8 Å². The second-order valence-electron chi connectivity index (χ2n) is 7.71. The lowest BCUT2D eigenvalue weighted by Crippen LogP contribution is -2.61. The average molecular weight is 474 g/mol. The molecule has 0 saturated carbocycles. The molecule has 5 N–H and O–H groups in total. The normalized spacial score (nSPS) is 26.3. The molecule has 0 aliphatic carbocycles. The Bertz CT molecular complexity index is 925. The number of alkyl halides is 2. The van der Waals surface area contributed by atoms with Crippen molar-refractivity contribution >= 4 is 0 Å². The summed E-state index contributed by atoms with van der Waals surface area (Å²) in [6.07, 6.45) is -9.16. The van der Waals surface area contributed by atoms with Crippen LogP contribution in [-0.2, 0) is 17.8 Å². The molecule has 1 aliphatic rings. The summed E-state index contributed by atoms with van der Waals surface area (Å²) < 4.78 is 54.9. The standard InChI is InChI=1S/C22H25F3O8/c1-10(27)20-18(29)17(28)19(30)21(33-20)32-16-8-12(9-26)7-15(23)14(16)6-11-2-4-13(5-3-11)31-22(24)25/h2-5,7-8,10,17-22,26-30H,6,9H2,1H3/t10-,17-,18-,19+,20+,21?/m0/s1. The SMILES string of the molecule is C[C@H](O)[C@H]1OC(Oc2cc(CO)cc(F)c2Cc2ccc(OC(F)F)cc2)[C@H](O)[C@@H](O)[C@@H]1O. The monoisotopic (exact) mass is 474 g/mol. The van der Waals surface area contributed by atoms with Crippen LogP contribution in [0.15, 0.2) is 36.4 Å². The van der Waals surface area contributed by atoms with Gasteiger partial charge < -0.3 is 39.7 Å². The fraction of sp³-hybridized carbons (Fsp3) is 0.455. The zero-order valence-electron chi connectivity index (χ0n) is 17.5. The summed E-state index contributed by atoms with van der Waals surface area (Å²) >= 11 is 0. The van der Waals surface area contributed by atoms with Crippen molar-refractivity contribution in [2.45, 2.75) is 63.4 Å². The molecular formula is C22H25F3O8. The summed E-state index contributed by atoms with van der Waals surface area (Å²) in [5, 5.41) is 49.7. The highest BCUT2D eigenvalue weighted by molar-refractivity contribution is 5.42. The fourth-order valence-electron chi connectivity index (χ4n) is 3.52. The minimum Gasteiger partial charge on any atom is -0.462 e. The Morgan fingerprint density at radius 1 is 1.00 bits per heavy atom. The average Bonchev–Trinajstić information content (AvgIpc) is 2.76. The maximum Gasteiger partial charge on any atom is 0.387 e. The molecule has 6 atom stereocenters. The smallest absolute Gasteiger partial charge is 0.387 e. The van der Waals surface area contributed by atoms with Gasteiger partial charge in [0.25, 0.3) is 0 Å². The maximum atomic E-state index is 14.9. The van der Waals surface area contributed by atoms with E-state index in [0.717, 1.165) is 6.07 Å². The highest BCUT2D eigenvalue weighted by Gasteiger charge is 2.46. The van der Waals surface area contributed by atoms with Crippen LogP contribution in [0.3, 0.4) is 0 Å². The number of aliphatic hydroxyl groups excluding tert-OH is 5. The molecule has 1 fully saturated rings. The van der Waals surface area contributed by atoms with E-state index in [-0.39, 0.29) is 29.0 Å². The molecule has 8 nitrogen and oxygen atoms in total. The van der Waals surface area contributed by atoms with Crippen LogP contribution in [0.1, 0.15) is 23.6 Å². The van der Waals surface area contributed by atoms with E-state index in [0.29, 0.717) is 5.56 Å². The summed E-state index contributed by atoms with van der Waals surface area (Å²) in [6.45, 7) is -2.19. The molecule has 1 unspecified atom stereocenters. The van der Waals surface area contributed by atoms with E-state index >= 15 is 0 Å². The van der Waals surface area contributed by atoms with E-state index in [9.17, 15) is 38.7 Å². The molecule has 1 heterocycles. The predicted octanol–water partition coefficient (Wildman–Crippen LogP) is 1.08. The Hall–Kier alpha value is -2.41. The number of ether oxygens (including phenoxy) is 3. The molecule has 0 amide bonds. The number of halogens is 3. The van der Waals surface area contributed by atoms with E-state index in [1.54, 1.807) is 0 Å². The van der Waals surface area contributed by atoms with Gasteiger partial charge in [-0.2, -0.15) is 8.78 Å². The summed E-state index contributed by atoms with van der Waals surface area (Å²) in [7, 11) is 0. The molecule has 182 valence electrons. The van der Waals surface area contributed by atoms with Crippen molar-refractivity contribution in [1.29, 1.82) is 0 Å². The first-order valence-corrected chi connectivity index (χ1v) is 10.1. The van der Waals surface area contributed by atoms with Gasteiger partial charge in [-0.05, 0) is 42.3 Å². The van der Waals surface area contributed by atoms with E-state index in [4.69, 9.17) is 9.47 Å². The minimum atomic E-state index is -2.99. The zero-order chi connectivity index (χ0) is 24.3. The second-order valence-corrected chi connectivity index (χ2v) is 7.71. The number of benzene rings is 2.